The molecule has 0 saturated heterocycles. The van der Waals surface area contributed by atoms with Crippen LogP contribution >= 0.6 is 0 Å². The monoisotopic (exact) mass is 452 g/mol. The SMILES string of the molecule is COc1cc2c(cc1S(C)(=O)=O)CCN(C(C)=O)C(c1ccc(S(N)(=O)=O)cc1)C2. The van der Waals surface area contributed by atoms with Gasteiger partial charge in [0.1, 0.15) is 10.6 Å². The average Bonchev–Trinajstić information content (AvgIpc) is 2.84. The second-order valence-electron chi connectivity index (χ2n) is 7.34. The highest BCUT2D eigenvalue weighted by Crippen LogP contribution is 2.35. The number of carbonyl (C=O) groups excluding carboxylic acids is 1. The zero-order chi connectivity index (χ0) is 22.3. The van der Waals surface area contributed by atoms with Gasteiger partial charge in [-0.25, -0.2) is 22.0 Å². The van der Waals surface area contributed by atoms with Gasteiger partial charge in [-0.05, 0) is 53.8 Å². The lowest BCUT2D eigenvalue weighted by Crippen LogP contribution is -2.34. The first-order chi connectivity index (χ1) is 13.9. The fourth-order valence-electron chi connectivity index (χ4n) is 3.79. The van der Waals surface area contributed by atoms with Crippen LogP contribution < -0.4 is 9.88 Å². The number of amides is 1. The maximum Gasteiger partial charge on any atom is 0.238 e. The predicted octanol–water partition coefficient (Wildman–Crippen LogP) is 1.43. The number of ether oxygens (including phenoxy) is 1. The molecule has 2 N–H and O–H groups in total. The van der Waals surface area contributed by atoms with Crippen molar-refractivity contribution >= 4 is 25.8 Å². The third-order valence-corrected chi connectivity index (χ3v) is 7.34. The molecule has 1 atom stereocenters. The van der Waals surface area contributed by atoms with Crippen LogP contribution in [-0.4, -0.2) is 47.6 Å². The summed E-state index contributed by atoms with van der Waals surface area (Å²) in [6, 6.07) is 9.12. The molecule has 1 heterocycles. The van der Waals surface area contributed by atoms with E-state index in [0.717, 1.165) is 22.9 Å². The molecule has 1 amide bonds. The topological polar surface area (TPSA) is 124 Å². The van der Waals surface area contributed by atoms with Gasteiger partial charge < -0.3 is 9.64 Å². The summed E-state index contributed by atoms with van der Waals surface area (Å²) < 4.78 is 52.7. The zero-order valence-corrected chi connectivity index (χ0v) is 18.6. The number of nitrogens with zero attached hydrogens (tertiary/aromatic N) is 1. The van der Waals surface area contributed by atoms with Crippen LogP contribution in [0.2, 0.25) is 0 Å². The molecule has 0 bridgehead atoms. The predicted molar refractivity (Wildman–Crippen MR) is 111 cm³/mol. The van der Waals surface area contributed by atoms with Gasteiger partial charge in [0.25, 0.3) is 0 Å². The summed E-state index contributed by atoms with van der Waals surface area (Å²) in [6.45, 7) is 1.88. The van der Waals surface area contributed by atoms with Crippen molar-refractivity contribution in [3.63, 3.8) is 0 Å². The molecule has 10 heteroatoms. The van der Waals surface area contributed by atoms with Gasteiger partial charge in [0.2, 0.25) is 15.9 Å². The van der Waals surface area contributed by atoms with Gasteiger partial charge in [0.05, 0.1) is 18.0 Å². The summed E-state index contributed by atoms with van der Waals surface area (Å²) in [5.74, 6) is 0.134. The smallest absolute Gasteiger partial charge is 0.238 e. The van der Waals surface area contributed by atoms with Crippen molar-refractivity contribution < 1.29 is 26.4 Å². The molecule has 2 aromatic carbocycles. The van der Waals surface area contributed by atoms with Crippen molar-refractivity contribution in [3.8, 4) is 5.75 Å². The van der Waals surface area contributed by atoms with Gasteiger partial charge >= 0.3 is 0 Å². The first kappa shape index (κ1) is 22.3. The maximum atomic E-state index is 12.4. The Labute approximate surface area is 176 Å². The van der Waals surface area contributed by atoms with E-state index in [4.69, 9.17) is 9.88 Å². The highest BCUT2D eigenvalue weighted by molar-refractivity contribution is 7.90. The molecule has 1 unspecified atom stereocenters. The summed E-state index contributed by atoms with van der Waals surface area (Å²) >= 11 is 0. The van der Waals surface area contributed by atoms with Crippen LogP contribution in [0.3, 0.4) is 0 Å². The molecular weight excluding hydrogens is 428 g/mol. The summed E-state index contributed by atoms with van der Waals surface area (Å²) in [5.41, 5.74) is 2.48. The number of benzene rings is 2. The summed E-state index contributed by atoms with van der Waals surface area (Å²) in [5, 5.41) is 5.17. The van der Waals surface area contributed by atoms with E-state index in [1.54, 1.807) is 29.2 Å². The molecule has 2 aromatic rings. The largest absolute Gasteiger partial charge is 0.495 e. The van der Waals surface area contributed by atoms with Gasteiger partial charge in [-0.1, -0.05) is 12.1 Å². The minimum Gasteiger partial charge on any atom is -0.495 e. The number of nitrogens with two attached hydrogens (primary N) is 1. The van der Waals surface area contributed by atoms with Crippen LogP contribution in [0.1, 0.15) is 29.7 Å². The van der Waals surface area contributed by atoms with Crippen LogP contribution in [0.25, 0.3) is 0 Å². The van der Waals surface area contributed by atoms with E-state index in [-0.39, 0.29) is 27.5 Å². The zero-order valence-electron chi connectivity index (χ0n) is 17.0. The molecule has 8 nitrogen and oxygen atoms in total. The Balaban J connectivity index is 2.09. The molecule has 1 aliphatic rings. The van der Waals surface area contributed by atoms with Gasteiger partial charge in [0.15, 0.2) is 9.84 Å². The molecule has 30 heavy (non-hydrogen) atoms. The number of hydrogen-bond acceptors (Lipinski definition) is 6. The van der Waals surface area contributed by atoms with E-state index < -0.39 is 19.9 Å². The van der Waals surface area contributed by atoms with Gasteiger partial charge in [0, 0.05) is 19.7 Å². The van der Waals surface area contributed by atoms with Crippen molar-refractivity contribution in [1.82, 2.24) is 4.90 Å². The Bertz CT molecular complexity index is 1190. The molecular formula is C20H24N2O6S2. The normalized spacial score (nSPS) is 17.2. The van der Waals surface area contributed by atoms with Gasteiger partial charge in [-0.15, -0.1) is 0 Å². The summed E-state index contributed by atoms with van der Waals surface area (Å²) in [4.78, 5) is 14.2. The van der Waals surface area contributed by atoms with Crippen molar-refractivity contribution in [2.45, 2.75) is 35.6 Å². The number of carbonyl (C=O) groups is 1. The van der Waals surface area contributed by atoms with E-state index in [9.17, 15) is 21.6 Å². The molecule has 0 radical (unpaired) electrons. The Morgan fingerprint density at radius 1 is 1.10 bits per heavy atom. The molecule has 3 rings (SSSR count). The van der Waals surface area contributed by atoms with E-state index in [1.165, 1.54) is 26.2 Å². The first-order valence-electron chi connectivity index (χ1n) is 9.21. The Hall–Kier alpha value is -2.43. The molecule has 0 aromatic heterocycles. The van der Waals surface area contributed by atoms with Crippen molar-refractivity contribution in [2.75, 3.05) is 19.9 Å². The number of hydrogen-bond donors (Lipinski definition) is 1. The standard InChI is InChI=1S/C20H24N2O6S2/c1-13(23)22-9-8-15-12-20(29(3,24)25)19(28-2)11-16(15)10-18(22)14-4-6-17(7-5-14)30(21,26)27/h4-7,11-12,18H,8-10H2,1-3H3,(H2,21,26,27). The average molecular weight is 453 g/mol. The number of fused-ring (bicyclic) bond motifs is 1. The number of rotatable bonds is 4. The molecule has 0 fully saturated rings. The third kappa shape index (κ3) is 4.50. The highest BCUT2D eigenvalue weighted by atomic mass is 32.2. The Kier molecular flexibility index (Phi) is 5.94. The van der Waals surface area contributed by atoms with Gasteiger partial charge in [-0.3, -0.25) is 4.79 Å². The van der Waals surface area contributed by atoms with Gasteiger partial charge in [-0.2, -0.15) is 0 Å². The van der Waals surface area contributed by atoms with Crippen LogP contribution in [0.5, 0.6) is 5.75 Å². The van der Waals surface area contributed by atoms with Crippen LogP contribution in [-0.2, 0) is 37.5 Å². The van der Waals surface area contributed by atoms with E-state index in [1.807, 2.05) is 0 Å². The number of sulfone groups is 1. The lowest BCUT2D eigenvalue weighted by atomic mass is 9.95. The Morgan fingerprint density at radius 2 is 1.73 bits per heavy atom. The fourth-order valence-corrected chi connectivity index (χ4v) is 5.17. The highest BCUT2D eigenvalue weighted by Gasteiger charge is 2.29. The molecule has 0 spiro atoms. The third-order valence-electron chi connectivity index (χ3n) is 5.29. The molecule has 0 saturated carbocycles. The number of sulfonamides is 1. The van der Waals surface area contributed by atoms with E-state index >= 15 is 0 Å². The van der Waals surface area contributed by atoms with E-state index in [0.29, 0.717) is 19.4 Å². The lowest BCUT2D eigenvalue weighted by Gasteiger charge is -2.29. The fraction of sp³-hybridized carbons (Fsp3) is 0.350. The van der Waals surface area contributed by atoms with Crippen LogP contribution in [0, 0.1) is 0 Å². The Morgan fingerprint density at radius 3 is 2.23 bits per heavy atom. The number of methoxy groups -OCH3 is 1. The molecule has 0 aliphatic carbocycles. The first-order valence-corrected chi connectivity index (χ1v) is 12.7. The summed E-state index contributed by atoms with van der Waals surface area (Å²) in [7, 11) is -5.88. The van der Waals surface area contributed by atoms with Crippen molar-refractivity contribution in [2.24, 2.45) is 5.14 Å². The van der Waals surface area contributed by atoms with E-state index in [2.05, 4.69) is 0 Å². The minimum absolute atomic E-state index is 0.00545. The van der Waals surface area contributed by atoms with Crippen LogP contribution in [0.4, 0.5) is 0 Å². The van der Waals surface area contributed by atoms with Crippen molar-refractivity contribution in [1.29, 1.82) is 0 Å². The maximum absolute atomic E-state index is 12.4. The van der Waals surface area contributed by atoms with Crippen LogP contribution in [0.15, 0.2) is 46.2 Å². The quantitative estimate of drug-likeness (QED) is 0.748. The lowest BCUT2D eigenvalue weighted by molar-refractivity contribution is -0.131. The number of primary sulfonamides is 1. The second kappa shape index (κ2) is 8.01. The van der Waals surface area contributed by atoms with Crippen molar-refractivity contribution in [3.05, 3.63) is 53.1 Å². The summed E-state index contributed by atoms with van der Waals surface area (Å²) in [6.07, 6.45) is 2.06. The minimum atomic E-state index is -3.82. The molecule has 162 valence electrons. The second-order valence-corrected chi connectivity index (χ2v) is 10.9. The molecule has 1 aliphatic heterocycles.